The number of allylic oxidation sites excluding steroid dienone is 1. The minimum absolute atomic E-state index is 0.0748. The lowest BCUT2D eigenvalue weighted by Gasteiger charge is -2.36. The number of amides is 1. The molecule has 1 saturated heterocycles. The molecular formula is C31H39F3N8O2S. The van der Waals surface area contributed by atoms with Crippen molar-refractivity contribution >= 4 is 46.7 Å². The van der Waals surface area contributed by atoms with E-state index in [-0.39, 0.29) is 24.2 Å². The molecule has 2 N–H and O–H groups in total. The third-order valence-electron chi connectivity index (χ3n) is 7.54. The Balaban J connectivity index is 1.53. The van der Waals surface area contributed by atoms with Gasteiger partial charge < -0.3 is 29.5 Å². The first-order valence-electron chi connectivity index (χ1n) is 14.3. The molecule has 4 rings (SSSR count). The van der Waals surface area contributed by atoms with E-state index in [0.717, 1.165) is 38.1 Å². The largest absolute Gasteiger partial charge is 0.494 e. The van der Waals surface area contributed by atoms with E-state index < -0.39 is 17.3 Å². The van der Waals surface area contributed by atoms with Gasteiger partial charge in [0.05, 0.1) is 30.6 Å². The highest BCUT2D eigenvalue weighted by Gasteiger charge is 2.32. The van der Waals surface area contributed by atoms with Crippen LogP contribution in [0.1, 0.15) is 11.1 Å². The van der Waals surface area contributed by atoms with Crippen molar-refractivity contribution in [2.24, 2.45) is 0 Å². The van der Waals surface area contributed by atoms with Gasteiger partial charge in [-0.15, -0.1) is 0 Å². The van der Waals surface area contributed by atoms with Gasteiger partial charge in [-0.2, -0.15) is 13.8 Å². The van der Waals surface area contributed by atoms with E-state index in [1.165, 1.54) is 24.1 Å². The first-order valence-corrected chi connectivity index (χ1v) is 15.5. The lowest BCUT2D eigenvalue weighted by molar-refractivity contribution is -0.129. The predicted molar refractivity (Wildman–Crippen MR) is 175 cm³/mol. The standard InChI is InChI=1S/C31H39F3N8O2S/c1-7-31(33,34)24-19-36-30(38-29(24)35-18-21-8-9-22(32)16-26(21)40(4)45-6)37-25-11-10-23(17-27(25)44-5)42-14-12-41(13-15-42)20-28(43)39(2)3/h7-11,16-17,19H,1,12-15,18,20H2,2-6H3,(H2,35,36,37,38). The molecule has 0 spiro atoms. The topological polar surface area (TPSA) is 89.1 Å². The van der Waals surface area contributed by atoms with Crippen LogP contribution in [-0.2, 0) is 17.3 Å². The number of hydrogen-bond acceptors (Lipinski definition) is 10. The predicted octanol–water partition coefficient (Wildman–Crippen LogP) is 5.18. The van der Waals surface area contributed by atoms with Gasteiger partial charge >= 0.3 is 0 Å². The van der Waals surface area contributed by atoms with Crippen molar-refractivity contribution in [3.8, 4) is 5.75 Å². The minimum Gasteiger partial charge on any atom is -0.494 e. The molecule has 2 heterocycles. The Bertz CT molecular complexity index is 1500. The summed E-state index contributed by atoms with van der Waals surface area (Å²) in [5.41, 5.74) is 2.35. The monoisotopic (exact) mass is 644 g/mol. The molecule has 1 aliphatic heterocycles. The van der Waals surface area contributed by atoms with E-state index >= 15 is 0 Å². The number of benzene rings is 2. The molecule has 1 aromatic heterocycles. The molecule has 1 aliphatic rings. The second kappa shape index (κ2) is 14.7. The maximum absolute atomic E-state index is 14.8. The Labute approximate surface area is 266 Å². The quantitative estimate of drug-likeness (QED) is 0.192. The Kier molecular flexibility index (Phi) is 11.0. The number of methoxy groups -OCH3 is 1. The number of piperazine rings is 1. The third-order valence-corrected chi connectivity index (χ3v) is 8.28. The Morgan fingerprint density at radius 3 is 2.53 bits per heavy atom. The van der Waals surface area contributed by atoms with Crippen LogP contribution in [0.25, 0.3) is 0 Å². The highest BCUT2D eigenvalue weighted by molar-refractivity contribution is 7.99. The smallest absolute Gasteiger partial charge is 0.296 e. The molecule has 242 valence electrons. The molecule has 3 aromatic rings. The number of carbonyl (C=O) groups excluding carboxylic acids is 1. The second-order valence-corrected chi connectivity index (χ2v) is 11.6. The molecule has 0 radical (unpaired) electrons. The average Bonchev–Trinajstić information content (AvgIpc) is 3.04. The fourth-order valence-electron chi connectivity index (χ4n) is 4.78. The molecule has 1 amide bonds. The molecule has 1 fully saturated rings. The number of aromatic nitrogens is 2. The first kappa shape index (κ1) is 33.7. The number of ether oxygens (including phenoxy) is 1. The highest BCUT2D eigenvalue weighted by atomic mass is 32.2. The zero-order valence-electron chi connectivity index (χ0n) is 26.1. The zero-order chi connectivity index (χ0) is 32.7. The van der Waals surface area contributed by atoms with Crippen molar-refractivity contribution in [1.82, 2.24) is 19.8 Å². The van der Waals surface area contributed by atoms with Gasteiger partial charge in [-0.1, -0.05) is 24.6 Å². The molecular weight excluding hydrogens is 605 g/mol. The van der Waals surface area contributed by atoms with Gasteiger partial charge in [0, 0.05) is 78.1 Å². The molecule has 2 aromatic carbocycles. The summed E-state index contributed by atoms with van der Waals surface area (Å²) in [6.45, 7) is 6.76. The molecule has 14 heteroatoms. The summed E-state index contributed by atoms with van der Waals surface area (Å²) in [5, 5.41) is 6.08. The first-order chi connectivity index (χ1) is 21.4. The van der Waals surface area contributed by atoms with Crippen LogP contribution in [0.2, 0.25) is 0 Å². The van der Waals surface area contributed by atoms with E-state index in [1.807, 2.05) is 24.5 Å². The SMILES string of the molecule is C=CC(F)(F)c1cnc(Nc2ccc(N3CCN(CC(=O)N(C)C)CC3)cc2OC)nc1NCc1ccc(F)cc1N(C)SC. The van der Waals surface area contributed by atoms with Crippen molar-refractivity contribution in [3.05, 3.63) is 72.2 Å². The van der Waals surface area contributed by atoms with Crippen molar-refractivity contribution < 1.29 is 22.7 Å². The molecule has 0 bridgehead atoms. The van der Waals surface area contributed by atoms with Crippen LogP contribution in [0.15, 0.2) is 55.3 Å². The summed E-state index contributed by atoms with van der Waals surface area (Å²) < 4.78 is 51.1. The Hall–Kier alpha value is -4.17. The summed E-state index contributed by atoms with van der Waals surface area (Å²) in [7, 11) is 6.84. The van der Waals surface area contributed by atoms with Gasteiger partial charge in [-0.05, 0) is 35.9 Å². The van der Waals surface area contributed by atoms with E-state index in [2.05, 4.69) is 37.0 Å². The highest BCUT2D eigenvalue weighted by Crippen LogP contribution is 2.36. The molecule has 0 saturated carbocycles. The summed E-state index contributed by atoms with van der Waals surface area (Å²) in [6.07, 6.45) is 3.45. The summed E-state index contributed by atoms with van der Waals surface area (Å²) >= 11 is 1.39. The molecule has 10 nitrogen and oxygen atoms in total. The van der Waals surface area contributed by atoms with Crippen LogP contribution < -0.4 is 24.6 Å². The summed E-state index contributed by atoms with van der Waals surface area (Å²) in [5.74, 6) is -3.22. The maximum Gasteiger partial charge on any atom is 0.296 e. The van der Waals surface area contributed by atoms with Gasteiger partial charge in [-0.3, -0.25) is 9.69 Å². The second-order valence-electron chi connectivity index (χ2n) is 10.7. The summed E-state index contributed by atoms with van der Waals surface area (Å²) in [4.78, 5) is 26.6. The molecule has 0 unspecified atom stereocenters. The number of nitrogens with zero attached hydrogens (tertiary/aromatic N) is 6. The number of rotatable bonds is 13. The third kappa shape index (κ3) is 8.31. The molecule has 0 aliphatic carbocycles. The van der Waals surface area contributed by atoms with E-state index in [1.54, 1.807) is 43.5 Å². The van der Waals surface area contributed by atoms with Crippen LogP contribution in [0.5, 0.6) is 5.75 Å². The minimum atomic E-state index is -3.40. The number of nitrogens with one attached hydrogen (secondary N) is 2. The van der Waals surface area contributed by atoms with Crippen LogP contribution in [0.4, 0.5) is 42.0 Å². The van der Waals surface area contributed by atoms with Crippen molar-refractivity contribution in [1.29, 1.82) is 0 Å². The van der Waals surface area contributed by atoms with E-state index in [4.69, 9.17) is 4.74 Å². The van der Waals surface area contributed by atoms with Crippen LogP contribution in [-0.4, -0.2) is 92.9 Å². The van der Waals surface area contributed by atoms with Crippen molar-refractivity contribution in [3.63, 3.8) is 0 Å². The van der Waals surface area contributed by atoms with Gasteiger partial charge in [0.2, 0.25) is 11.9 Å². The fraction of sp³-hybridized carbons (Fsp3) is 0.387. The fourth-order valence-corrected chi connectivity index (χ4v) is 5.15. The Morgan fingerprint density at radius 1 is 1.16 bits per heavy atom. The maximum atomic E-state index is 14.8. The number of carbonyl (C=O) groups is 1. The van der Waals surface area contributed by atoms with Crippen LogP contribution in [0.3, 0.4) is 0 Å². The van der Waals surface area contributed by atoms with Gasteiger partial charge in [0.15, 0.2) is 0 Å². The van der Waals surface area contributed by atoms with E-state index in [0.29, 0.717) is 35.3 Å². The van der Waals surface area contributed by atoms with Gasteiger partial charge in [-0.25, -0.2) is 9.37 Å². The van der Waals surface area contributed by atoms with Crippen molar-refractivity contribution in [2.45, 2.75) is 12.5 Å². The molecule has 45 heavy (non-hydrogen) atoms. The number of hydrogen-bond donors (Lipinski definition) is 2. The van der Waals surface area contributed by atoms with Gasteiger partial charge in [0.1, 0.15) is 17.4 Å². The lowest BCUT2D eigenvalue weighted by atomic mass is 10.1. The summed E-state index contributed by atoms with van der Waals surface area (Å²) in [6, 6.07) is 9.96. The lowest BCUT2D eigenvalue weighted by Crippen LogP contribution is -2.49. The number of anilines is 5. The number of likely N-dealkylation sites (N-methyl/N-ethyl adjacent to an activating group) is 1. The van der Waals surface area contributed by atoms with Crippen LogP contribution in [0, 0.1) is 5.82 Å². The number of halogens is 3. The Morgan fingerprint density at radius 2 is 1.89 bits per heavy atom. The average molecular weight is 645 g/mol. The molecule has 0 atom stereocenters. The zero-order valence-corrected chi connectivity index (χ0v) is 26.9. The van der Waals surface area contributed by atoms with Crippen LogP contribution >= 0.6 is 11.9 Å². The normalized spacial score (nSPS) is 13.7. The van der Waals surface area contributed by atoms with E-state index in [9.17, 15) is 18.0 Å². The van der Waals surface area contributed by atoms with Gasteiger partial charge in [0.25, 0.3) is 5.92 Å². The van der Waals surface area contributed by atoms with Crippen molar-refractivity contribution in [2.75, 3.05) is 87.1 Å². The number of alkyl halides is 2.